The maximum absolute atomic E-state index is 13.3. The number of aromatic nitrogens is 2. The fourth-order valence-electron chi connectivity index (χ4n) is 4.41. The molecule has 0 bridgehead atoms. The quantitative estimate of drug-likeness (QED) is 0.490. The molecule has 2 N–H and O–H groups in total. The summed E-state index contributed by atoms with van der Waals surface area (Å²) in [4.78, 5) is 44.8. The number of thiophene rings is 1. The molecule has 1 aliphatic rings. The molecule has 8 heteroatoms. The van der Waals surface area contributed by atoms with Gasteiger partial charge in [-0.3, -0.25) is 19.4 Å². The molecule has 3 heterocycles. The van der Waals surface area contributed by atoms with E-state index in [9.17, 15) is 14.4 Å². The van der Waals surface area contributed by atoms with Gasteiger partial charge < -0.3 is 15.2 Å². The topological polar surface area (TPSA) is 93.1 Å². The monoisotopic (exact) mass is 492 g/mol. The number of hydrogen-bond donors (Lipinski definition) is 2. The molecule has 1 fully saturated rings. The molecule has 2 amide bonds. The fraction of sp³-hybridized carbons (Fsp3) is 0.407. The van der Waals surface area contributed by atoms with Crippen LogP contribution in [0, 0.1) is 0 Å². The molecular formula is C27H32N4O3S. The number of carbonyl (C=O) groups is 2. The second kappa shape index (κ2) is 12.4. The van der Waals surface area contributed by atoms with E-state index in [-0.39, 0.29) is 17.2 Å². The van der Waals surface area contributed by atoms with E-state index in [4.69, 9.17) is 0 Å². The van der Waals surface area contributed by atoms with Crippen molar-refractivity contribution in [1.82, 2.24) is 20.2 Å². The first-order chi connectivity index (χ1) is 17.1. The van der Waals surface area contributed by atoms with Crippen molar-refractivity contribution in [3.05, 3.63) is 86.2 Å². The van der Waals surface area contributed by atoms with E-state index in [1.54, 1.807) is 23.2 Å². The van der Waals surface area contributed by atoms with E-state index >= 15 is 0 Å². The highest BCUT2D eigenvalue weighted by Crippen LogP contribution is 2.17. The fourth-order valence-corrected chi connectivity index (χ4v) is 5.06. The third kappa shape index (κ3) is 7.11. The lowest BCUT2D eigenvalue weighted by molar-refractivity contribution is 0.0928. The third-order valence-corrected chi connectivity index (χ3v) is 7.24. The van der Waals surface area contributed by atoms with E-state index in [1.165, 1.54) is 30.6 Å². The zero-order valence-corrected chi connectivity index (χ0v) is 20.7. The Morgan fingerprint density at radius 1 is 0.971 bits per heavy atom. The van der Waals surface area contributed by atoms with Gasteiger partial charge >= 0.3 is 0 Å². The smallest absolute Gasteiger partial charge is 0.257 e. The van der Waals surface area contributed by atoms with Crippen LogP contribution in [-0.2, 0) is 19.5 Å². The average molecular weight is 493 g/mol. The summed E-state index contributed by atoms with van der Waals surface area (Å²) in [5.41, 5.74) is 0.353. The van der Waals surface area contributed by atoms with E-state index < -0.39 is 17.2 Å². The van der Waals surface area contributed by atoms with Crippen molar-refractivity contribution < 1.29 is 9.59 Å². The summed E-state index contributed by atoms with van der Waals surface area (Å²) in [6.07, 6.45) is 13.0. The Morgan fingerprint density at radius 3 is 2.40 bits per heavy atom. The van der Waals surface area contributed by atoms with Crippen LogP contribution in [-0.4, -0.2) is 27.4 Å². The Bertz CT molecular complexity index is 1170. The number of aryl methyl sites for hydroxylation is 2. The summed E-state index contributed by atoms with van der Waals surface area (Å²) in [6, 6.07) is 9.61. The zero-order chi connectivity index (χ0) is 24.5. The van der Waals surface area contributed by atoms with Gasteiger partial charge in [0.05, 0.1) is 6.54 Å². The summed E-state index contributed by atoms with van der Waals surface area (Å²) in [7, 11) is 0. The van der Waals surface area contributed by atoms with Crippen LogP contribution in [0.5, 0.6) is 0 Å². The molecule has 1 saturated carbocycles. The van der Waals surface area contributed by atoms with Gasteiger partial charge in [0.15, 0.2) is 0 Å². The summed E-state index contributed by atoms with van der Waals surface area (Å²) >= 11 is 1.53. The highest BCUT2D eigenvalue weighted by molar-refractivity contribution is 7.09. The normalized spacial score (nSPS) is 14.6. The molecule has 3 aromatic rings. The van der Waals surface area contributed by atoms with E-state index in [1.807, 2.05) is 35.7 Å². The lowest BCUT2D eigenvalue weighted by atomic mass is 9.96. The Kier molecular flexibility index (Phi) is 8.84. The summed E-state index contributed by atoms with van der Waals surface area (Å²) in [5, 5.41) is 7.83. The van der Waals surface area contributed by atoms with Gasteiger partial charge in [0, 0.05) is 48.2 Å². The molecule has 35 heavy (non-hydrogen) atoms. The number of nitrogens with zero attached hydrogens (tertiary/aromatic N) is 2. The van der Waals surface area contributed by atoms with Gasteiger partial charge in [-0.05, 0) is 36.4 Å². The first-order valence-electron chi connectivity index (χ1n) is 12.4. The molecule has 0 radical (unpaired) electrons. The molecule has 1 aliphatic carbocycles. The SMILES string of the molecule is O=C(NCc1cccs1)c1cn(CCc2ccccn2)cc(C(=O)NC2CCCCCCC2)c1=O. The summed E-state index contributed by atoms with van der Waals surface area (Å²) in [5.74, 6) is -0.879. The molecule has 0 atom stereocenters. The Hall–Kier alpha value is -3.26. The minimum atomic E-state index is -0.536. The van der Waals surface area contributed by atoms with Crippen molar-refractivity contribution in [3.8, 4) is 0 Å². The molecule has 0 spiro atoms. The first kappa shape index (κ1) is 24.9. The largest absolute Gasteiger partial charge is 0.352 e. The number of amides is 2. The van der Waals surface area contributed by atoms with Gasteiger partial charge in [0.1, 0.15) is 11.1 Å². The van der Waals surface area contributed by atoms with Crippen molar-refractivity contribution >= 4 is 23.2 Å². The number of carbonyl (C=O) groups excluding carboxylic acids is 2. The predicted molar refractivity (Wildman–Crippen MR) is 138 cm³/mol. The zero-order valence-electron chi connectivity index (χ0n) is 19.9. The summed E-state index contributed by atoms with van der Waals surface area (Å²) < 4.78 is 1.75. The van der Waals surface area contributed by atoms with Crippen LogP contribution in [0.3, 0.4) is 0 Å². The highest BCUT2D eigenvalue weighted by atomic mass is 32.1. The van der Waals surface area contributed by atoms with Gasteiger partial charge in [-0.1, -0.05) is 44.2 Å². The molecule has 184 valence electrons. The Morgan fingerprint density at radius 2 is 1.71 bits per heavy atom. The minimum absolute atomic E-state index is 0.0110. The molecular weight excluding hydrogens is 460 g/mol. The van der Waals surface area contributed by atoms with Gasteiger partial charge in [0.25, 0.3) is 11.8 Å². The third-order valence-electron chi connectivity index (χ3n) is 6.36. The van der Waals surface area contributed by atoms with Crippen LogP contribution in [0.4, 0.5) is 0 Å². The van der Waals surface area contributed by atoms with Crippen LogP contribution < -0.4 is 16.1 Å². The van der Waals surface area contributed by atoms with Crippen molar-refractivity contribution in [3.63, 3.8) is 0 Å². The molecule has 0 saturated heterocycles. The highest BCUT2D eigenvalue weighted by Gasteiger charge is 2.22. The van der Waals surface area contributed by atoms with Crippen LogP contribution in [0.1, 0.15) is 76.2 Å². The lowest BCUT2D eigenvalue weighted by Gasteiger charge is -2.21. The van der Waals surface area contributed by atoms with Gasteiger partial charge in [0.2, 0.25) is 5.43 Å². The van der Waals surface area contributed by atoms with Crippen LogP contribution in [0.25, 0.3) is 0 Å². The predicted octanol–water partition coefficient (Wildman–Crippen LogP) is 4.32. The maximum Gasteiger partial charge on any atom is 0.257 e. The summed E-state index contributed by atoms with van der Waals surface area (Å²) in [6.45, 7) is 0.828. The van der Waals surface area contributed by atoms with Crippen molar-refractivity contribution in [2.24, 2.45) is 0 Å². The van der Waals surface area contributed by atoms with Crippen molar-refractivity contribution in [1.29, 1.82) is 0 Å². The molecule has 7 nitrogen and oxygen atoms in total. The second-order valence-corrected chi connectivity index (χ2v) is 10.0. The number of hydrogen-bond acceptors (Lipinski definition) is 5. The van der Waals surface area contributed by atoms with E-state index in [0.29, 0.717) is 19.5 Å². The van der Waals surface area contributed by atoms with Crippen LogP contribution in [0.2, 0.25) is 0 Å². The average Bonchev–Trinajstić information content (AvgIpc) is 3.38. The van der Waals surface area contributed by atoms with Crippen molar-refractivity contribution in [2.75, 3.05) is 0 Å². The Balaban J connectivity index is 1.56. The van der Waals surface area contributed by atoms with E-state index in [0.717, 1.165) is 36.3 Å². The van der Waals surface area contributed by atoms with Crippen LogP contribution >= 0.6 is 11.3 Å². The second-order valence-electron chi connectivity index (χ2n) is 9.00. The molecule has 0 aliphatic heterocycles. The number of rotatable bonds is 8. The number of pyridine rings is 2. The van der Waals surface area contributed by atoms with Crippen LogP contribution in [0.15, 0.2) is 59.1 Å². The lowest BCUT2D eigenvalue weighted by Crippen LogP contribution is -2.40. The van der Waals surface area contributed by atoms with Gasteiger partial charge in [-0.25, -0.2) is 0 Å². The van der Waals surface area contributed by atoms with E-state index in [2.05, 4.69) is 15.6 Å². The number of nitrogens with one attached hydrogen (secondary N) is 2. The van der Waals surface area contributed by atoms with Gasteiger partial charge in [-0.2, -0.15) is 0 Å². The molecule has 3 aromatic heterocycles. The molecule has 4 rings (SSSR count). The standard InChI is InChI=1S/C27H32N4O3S/c32-25-23(26(33)29-17-22-12-8-16-35-22)18-31(15-13-20-9-6-7-14-28-20)19-24(25)27(34)30-21-10-4-2-1-3-5-11-21/h6-9,12,14,16,18-19,21H,1-5,10-11,13,15,17H2,(H,29,33)(H,30,34). The maximum atomic E-state index is 13.3. The Labute approximate surface area is 209 Å². The molecule has 0 unspecified atom stereocenters. The minimum Gasteiger partial charge on any atom is -0.352 e. The molecule has 0 aromatic carbocycles. The van der Waals surface area contributed by atoms with Gasteiger partial charge in [-0.15, -0.1) is 11.3 Å². The van der Waals surface area contributed by atoms with Crippen molar-refractivity contribution in [2.45, 2.75) is 70.5 Å². The first-order valence-corrected chi connectivity index (χ1v) is 13.2.